The fraction of sp³-hybridized carbons (Fsp3) is 0.700. The zero-order valence-corrected chi connectivity index (χ0v) is 11.4. The Labute approximate surface area is 107 Å². The molecule has 8 nitrogen and oxygen atoms in total. The van der Waals surface area contributed by atoms with Crippen LogP contribution in [0.25, 0.3) is 0 Å². The largest absolute Gasteiger partial charge is 0.481 e. The number of carboxylic acid groups (broad SMARTS) is 2. The van der Waals surface area contributed by atoms with Crippen LogP contribution in [0.5, 0.6) is 0 Å². The van der Waals surface area contributed by atoms with Crippen molar-refractivity contribution in [1.82, 2.24) is 5.32 Å². The summed E-state index contributed by atoms with van der Waals surface area (Å²) < 4.78 is 0. The van der Waals surface area contributed by atoms with Gasteiger partial charge in [0.05, 0.1) is 0 Å². The number of aliphatic hydroxyl groups is 1. The van der Waals surface area contributed by atoms with E-state index in [0.29, 0.717) is 0 Å². The summed E-state index contributed by atoms with van der Waals surface area (Å²) >= 11 is 0. The fourth-order valence-corrected chi connectivity index (χ4v) is 0.175. The van der Waals surface area contributed by atoms with E-state index >= 15 is 0 Å². The van der Waals surface area contributed by atoms with Crippen molar-refractivity contribution in [3.63, 3.8) is 0 Å². The maximum atomic E-state index is 9.68. The Morgan fingerprint density at radius 2 is 1.33 bits per heavy atom. The Balaban J connectivity index is -0.0000000775. The summed E-state index contributed by atoms with van der Waals surface area (Å²) in [5, 5.41) is 26.4. The van der Waals surface area contributed by atoms with Gasteiger partial charge in [-0.25, -0.2) is 4.79 Å². The van der Waals surface area contributed by atoms with Gasteiger partial charge in [0.25, 0.3) is 5.97 Å². The van der Waals surface area contributed by atoms with Crippen LogP contribution < -0.4 is 11.1 Å². The smallest absolute Gasteiger partial charge is 0.332 e. The van der Waals surface area contributed by atoms with Crippen LogP contribution in [0.15, 0.2) is 0 Å². The lowest BCUT2D eigenvalue weighted by Crippen LogP contribution is -2.17. The third-order valence-electron chi connectivity index (χ3n) is 0.672. The number of primary amides is 1. The molecule has 1 unspecified atom stereocenters. The molecular weight excluding hydrogens is 244 g/mol. The molecule has 1 atom stereocenters. The first kappa shape index (κ1) is 25.2. The van der Waals surface area contributed by atoms with E-state index in [1.807, 2.05) is 14.1 Å². The molecule has 0 spiro atoms. The number of nitrogens with one attached hydrogen (secondary N) is 1. The van der Waals surface area contributed by atoms with E-state index in [2.05, 4.69) is 11.1 Å². The van der Waals surface area contributed by atoms with Crippen molar-refractivity contribution < 1.29 is 29.7 Å². The summed E-state index contributed by atoms with van der Waals surface area (Å²) in [6.07, 6.45) is -0.907. The number of nitrogens with two attached hydrogens (primary N) is 1. The summed E-state index contributed by atoms with van der Waals surface area (Å²) in [4.78, 5) is 27.9. The van der Waals surface area contributed by atoms with Gasteiger partial charge >= 0.3 is 5.97 Å². The quantitative estimate of drug-likeness (QED) is 0.442. The minimum Gasteiger partial charge on any atom is -0.481 e. The van der Waals surface area contributed by atoms with E-state index in [0.717, 1.165) is 6.92 Å². The molecule has 18 heavy (non-hydrogen) atoms. The van der Waals surface area contributed by atoms with Crippen molar-refractivity contribution in [2.45, 2.75) is 33.3 Å². The lowest BCUT2D eigenvalue weighted by atomic mass is 10.3. The summed E-state index contributed by atoms with van der Waals surface area (Å²) in [6, 6.07) is 0. The van der Waals surface area contributed by atoms with Crippen LogP contribution in [0.1, 0.15) is 27.2 Å². The Bertz CT molecular complexity index is 200. The van der Waals surface area contributed by atoms with Gasteiger partial charge < -0.3 is 26.4 Å². The first-order chi connectivity index (χ1) is 8.06. The van der Waals surface area contributed by atoms with Crippen LogP contribution in [0, 0.1) is 0 Å². The van der Waals surface area contributed by atoms with Crippen LogP contribution in [0.2, 0.25) is 0 Å². The lowest BCUT2D eigenvalue weighted by Gasteiger charge is -1.95. The highest BCUT2D eigenvalue weighted by Crippen LogP contribution is 1.86. The Morgan fingerprint density at radius 1 is 1.17 bits per heavy atom. The Kier molecular flexibility index (Phi) is 29.0. The number of carboxylic acids is 2. The number of hydrogen-bond donors (Lipinski definition) is 5. The molecule has 0 aliphatic rings. The predicted molar refractivity (Wildman–Crippen MR) is 67.1 cm³/mol. The highest BCUT2D eigenvalue weighted by Gasteiger charge is 2.07. The monoisotopic (exact) mass is 268 g/mol. The lowest BCUT2D eigenvalue weighted by molar-refractivity contribution is -0.146. The van der Waals surface area contributed by atoms with Gasteiger partial charge in [-0.15, -0.1) is 0 Å². The zero-order valence-electron chi connectivity index (χ0n) is 11.4. The number of aliphatic hydroxyl groups excluding tert-OH is 1. The van der Waals surface area contributed by atoms with Crippen molar-refractivity contribution in [2.75, 3.05) is 14.1 Å². The van der Waals surface area contributed by atoms with Crippen LogP contribution >= 0.6 is 0 Å². The van der Waals surface area contributed by atoms with Crippen molar-refractivity contribution in [3.05, 3.63) is 0 Å². The van der Waals surface area contributed by atoms with Crippen molar-refractivity contribution in [3.8, 4) is 0 Å². The highest BCUT2D eigenvalue weighted by molar-refractivity contribution is 5.71. The summed E-state index contributed by atoms with van der Waals surface area (Å²) in [6.45, 7) is 4.00. The number of carbonyl (C=O) groups is 3. The summed E-state index contributed by atoms with van der Waals surface area (Å²) in [5.41, 5.74) is 4.47. The molecule has 8 heteroatoms. The molecule has 0 aliphatic heterocycles. The van der Waals surface area contributed by atoms with Crippen LogP contribution in [0.4, 0.5) is 0 Å². The molecule has 0 rings (SSSR count). The average Bonchev–Trinajstić information content (AvgIpc) is 2.15. The number of amides is 1. The molecule has 0 aliphatic carbocycles. The molecule has 0 bridgehead atoms. The van der Waals surface area contributed by atoms with Gasteiger partial charge in [-0.1, -0.05) is 6.92 Å². The molecule has 0 aromatic heterocycles. The second-order valence-electron chi connectivity index (χ2n) is 2.89. The number of hydrogen-bond acceptors (Lipinski definition) is 5. The predicted octanol–water partition coefficient (Wildman–Crippen LogP) is -0.740. The molecule has 0 heterocycles. The molecule has 0 aromatic carbocycles. The minimum atomic E-state index is -1.18. The maximum absolute atomic E-state index is 9.68. The molecule has 0 fully saturated rings. The third-order valence-corrected chi connectivity index (χ3v) is 0.672. The van der Waals surface area contributed by atoms with Gasteiger partial charge in [0.15, 0.2) is 6.10 Å². The van der Waals surface area contributed by atoms with Gasteiger partial charge in [0.1, 0.15) is 0 Å². The first-order valence-electron chi connectivity index (χ1n) is 5.01. The van der Waals surface area contributed by atoms with Crippen molar-refractivity contribution in [1.29, 1.82) is 0 Å². The van der Waals surface area contributed by atoms with Gasteiger partial charge in [0, 0.05) is 13.8 Å². The molecule has 6 N–H and O–H groups in total. The average molecular weight is 268 g/mol. The SMILES string of the molecule is CC(=O)O.CC(N)=O.CCC(O)C(=O)O.CNC. The fourth-order valence-electron chi connectivity index (χ4n) is 0.175. The minimum absolute atomic E-state index is 0.273. The molecule has 0 radical (unpaired) electrons. The van der Waals surface area contributed by atoms with E-state index in [4.69, 9.17) is 20.1 Å². The topological polar surface area (TPSA) is 150 Å². The van der Waals surface area contributed by atoms with Gasteiger partial charge in [-0.2, -0.15) is 0 Å². The van der Waals surface area contributed by atoms with Crippen molar-refractivity contribution >= 4 is 17.8 Å². The molecule has 0 saturated heterocycles. The number of aliphatic carboxylic acids is 2. The third kappa shape index (κ3) is 136. The number of rotatable bonds is 2. The Hall–Kier alpha value is -1.67. The van der Waals surface area contributed by atoms with Crippen LogP contribution in [-0.4, -0.2) is 53.4 Å². The highest BCUT2D eigenvalue weighted by atomic mass is 16.4. The molecule has 1 amide bonds. The molecule has 110 valence electrons. The van der Waals surface area contributed by atoms with Gasteiger partial charge in [-0.3, -0.25) is 9.59 Å². The first-order valence-corrected chi connectivity index (χ1v) is 5.01. The van der Waals surface area contributed by atoms with Crippen LogP contribution in [-0.2, 0) is 14.4 Å². The molecular formula is C10H24N2O6. The van der Waals surface area contributed by atoms with E-state index in [1.54, 1.807) is 6.92 Å². The van der Waals surface area contributed by atoms with Gasteiger partial charge in [-0.05, 0) is 20.5 Å². The standard InChI is InChI=1S/C4H8O3.C2H5NO.C2H7N.C2H4O2/c1-2-3(5)4(6)7;1-2(3)4;1-3-2;1-2(3)4/h3,5H,2H2,1H3,(H,6,7);1H3,(H2,3,4);3H,1-2H3;1H3,(H,3,4). The van der Waals surface area contributed by atoms with E-state index in [9.17, 15) is 9.59 Å². The maximum Gasteiger partial charge on any atom is 0.332 e. The normalized spacial score (nSPS) is 9.00. The zero-order chi connectivity index (χ0) is 15.7. The summed E-state index contributed by atoms with van der Waals surface area (Å²) in [5.74, 6) is -2.32. The molecule has 0 aromatic rings. The van der Waals surface area contributed by atoms with Crippen molar-refractivity contribution in [2.24, 2.45) is 5.73 Å². The van der Waals surface area contributed by atoms with Crippen LogP contribution in [0.3, 0.4) is 0 Å². The summed E-state index contributed by atoms with van der Waals surface area (Å²) in [7, 11) is 3.75. The van der Waals surface area contributed by atoms with Gasteiger partial charge in [0.2, 0.25) is 5.91 Å². The Morgan fingerprint density at radius 3 is 1.33 bits per heavy atom. The number of carbonyl (C=O) groups excluding carboxylic acids is 1. The van der Waals surface area contributed by atoms with E-state index < -0.39 is 18.0 Å². The molecule has 0 saturated carbocycles. The second kappa shape index (κ2) is 20.7. The van der Waals surface area contributed by atoms with E-state index in [-0.39, 0.29) is 12.3 Å². The second-order valence-corrected chi connectivity index (χ2v) is 2.89. The van der Waals surface area contributed by atoms with E-state index in [1.165, 1.54) is 6.92 Å².